The average molecular weight is 286 g/mol. The molecule has 15 heavy (non-hydrogen) atoms. The Bertz CT molecular complexity index is 338. The molecule has 1 aromatic carbocycles. The highest BCUT2D eigenvalue weighted by atomic mass is 79.9. The van der Waals surface area contributed by atoms with Crippen molar-refractivity contribution in [1.82, 2.24) is 0 Å². The Morgan fingerprint density at radius 1 is 1.60 bits per heavy atom. The second-order valence-electron chi connectivity index (χ2n) is 3.69. The van der Waals surface area contributed by atoms with Gasteiger partial charge in [0.25, 0.3) is 0 Å². The molecule has 3 heteroatoms. The summed E-state index contributed by atoms with van der Waals surface area (Å²) in [4.78, 5) is 1.25. The van der Waals surface area contributed by atoms with Crippen molar-refractivity contribution >= 4 is 27.7 Å². The normalized spacial score (nSPS) is 12.5. The van der Waals surface area contributed by atoms with Crippen molar-refractivity contribution in [2.45, 2.75) is 24.3 Å². The topological polar surface area (TPSA) is 26.0 Å². The summed E-state index contributed by atoms with van der Waals surface area (Å²) >= 11 is 5.24. The van der Waals surface area contributed by atoms with Gasteiger partial charge in [0.1, 0.15) is 0 Å². The van der Waals surface area contributed by atoms with E-state index < -0.39 is 0 Å². The number of halogens is 1. The van der Waals surface area contributed by atoms with Gasteiger partial charge < -0.3 is 5.73 Å². The molecule has 0 saturated heterocycles. The van der Waals surface area contributed by atoms with Crippen molar-refractivity contribution in [3.63, 3.8) is 0 Å². The molecule has 1 unspecified atom stereocenters. The van der Waals surface area contributed by atoms with Crippen LogP contribution >= 0.6 is 27.7 Å². The van der Waals surface area contributed by atoms with Crippen LogP contribution in [-0.4, -0.2) is 11.8 Å². The minimum Gasteiger partial charge on any atom is -0.327 e. The lowest BCUT2D eigenvalue weighted by molar-refractivity contribution is 0.743. The molecule has 1 atom stereocenters. The van der Waals surface area contributed by atoms with E-state index in [4.69, 9.17) is 5.73 Å². The van der Waals surface area contributed by atoms with Crippen molar-refractivity contribution in [2.75, 3.05) is 5.75 Å². The molecule has 0 aliphatic carbocycles. The molecule has 1 nitrogen and oxygen atoms in total. The van der Waals surface area contributed by atoms with E-state index in [0.29, 0.717) is 0 Å². The van der Waals surface area contributed by atoms with Crippen LogP contribution in [0.1, 0.15) is 13.3 Å². The lowest BCUT2D eigenvalue weighted by Gasteiger charge is -2.10. The molecular weight excluding hydrogens is 270 g/mol. The molecular formula is C12H16BrNS. The highest BCUT2D eigenvalue weighted by molar-refractivity contribution is 9.10. The quantitative estimate of drug-likeness (QED) is 0.657. The van der Waals surface area contributed by atoms with Crippen LogP contribution in [0, 0.1) is 0 Å². The summed E-state index contributed by atoms with van der Waals surface area (Å²) in [5, 5.41) is 0. The Labute approximate surface area is 104 Å². The first-order valence-electron chi connectivity index (χ1n) is 4.86. The van der Waals surface area contributed by atoms with Crippen LogP contribution in [0.3, 0.4) is 0 Å². The monoisotopic (exact) mass is 285 g/mol. The van der Waals surface area contributed by atoms with Crippen molar-refractivity contribution < 1.29 is 0 Å². The molecule has 2 N–H and O–H groups in total. The minimum absolute atomic E-state index is 0.200. The van der Waals surface area contributed by atoms with Gasteiger partial charge in [0.05, 0.1) is 0 Å². The fourth-order valence-corrected chi connectivity index (χ4v) is 2.73. The summed E-state index contributed by atoms with van der Waals surface area (Å²) in [6, 6.07) is 8.47. The summed E-state index contributed by atoms with van der Waals surface area (Å²) in [6.07, 6.45) is 0.904. The van der Waals surface area contributed by atoms with E-state index in [9.17, 15) is 0 Å². The third kappa shape index (κ3) is 5.40. The summed E-state index contributed by atoms with van der Waals surface area (Å²) < 4.78 is 1.11. The number of thioether (sulfide) groups is 1. The van der Waals surface area contributed by atoms with E-state index >= 15 is 0 Å². The molecule has 0 aliphatic rings. The second-order valence-corrected chi connectivity index (χ2v) is 5.70. The van der Waals surface area contributed by atoms with Crippen LogP contribution in [0.25, 0.3) is 0 Å². The first-order chi connectivity index (χ1) is 7.08. The number of benzene rings is 1. The second kappa shape index (κ2) is 6.36. The van der Waals surface area contributed by atoms with Crippen LogP contribution < -0.4 is 5.73 Å². The fraction of sp³-hybridized carbons (Fsp3) is 0.333. The molecule has 0 radical (unpaired) electrons. The van der Waals surface area contributed by atoms with Crippen LogP contribution in [0.5, 0.6) is 0 Å². The van der Waals surface area contributed by atoms with Gasteiger partial charge in [0.2, 0.25) is 0 Å². The van der Waals surface area contributed by atoms with Crippen LogP contribution in [0.2, 0.25) is 0 Å². The third-order valence-electron chi connectivity index (χ3n) is 1.87. The molecule has 0 bridgehead atoms. The van der Waals surface area contributed by atoms with E-state index in [1.165, 1.54) is 4.90 Å². The molecule has 1 rings (SSSR count). The van der Waals surface area contributed by atoms with E-state index in [1.807, 2.05) is 19.1 Å². The van der Waals surface area contributed by atoms with Gasteiger partial charge in [-0.3, -0.25) is 0 Å². The van der Waals surface area contributed by atoms with Gasteiger partial charge in [-0.25, -0.2) is 0 Å². The zero-order valence-electron chi connectivity index (χ0n) is 8.87. The standard InChI is InChI=1S/C12H16BrNS/c1-9(2)6-11(14)8-15-12-5-3-4-10(13)7-12/h3-5,7,11H,1,6,8,14H2,2H3. The maximum absolute atomic E-state index is 5.97. The summed E-state index contributed by atoms with van der Waals surface area (Å²) in [5.41, 5.74) is 7.12. The predicted molar refractivity (Wildman–Crippen MR) is 72.3 cm³/mol. The average Bonchev–Trinajstić information content (AvgIpc) is 2.14. The first-order valence-corrected chi connectivity index (χ1v) is 6.64. The van der Waals surface area contributed by atoms with Gasteiger partial charge in [0, 0.05) is 21.2 Å². The molecule has 0 aliphatic heterocycles. The van der Waals surface area contributed by atoms with Gasteiger partial charge in [-0.05, 0) is 31.5 Å². The zero-order chi connectivity index (χ0) is 11.3. The van der Waals surface area contributed by atoms with Gasteiger partial charge in [-0.2, -0.15) is 0 Å². The fourth-order valence-electron chi connectivity index (χ4n) is 1.27. The molecule has 0 fully saturated rings. The predicted octanol–water partition coefficient (Wildman–Crippen LogP) is 3.83. The van der Waals surface area contributed by atoms with Crippen molar-refractivity contribution in [3.8, 4) is 0 Å². The number of nitrogens with two attached hydrogens (primary N) is 1. The summed E-state index contributed by atoms with van der Waals surface area (Å²) in [6.45, 7) is 5.88. The van der Waals surface area contributed by atoms with Gasteiger partial charge in [-0.15, -0.1) is 18.3 Å². The van der Waals surface area contributed by atoms with Gasteiger partial charge >= 0.3 is 0 Å². The number of hydrogen-bond donors (Lipinski definition) is 1. The van der Waals surface area contributed by atoms with Crippen molar-refractivity contribution in [3.05, 3.63) is 40.9 Å². The molecule has 0 heterocycles. The Kier molecular flexibility index (Phi) is 5.43. The lowest BCUT2D eigenvalue weighted by atomic mass is 10.1. The largest absolute Gasteiger partial charge is 0.327 e. The van der Waals surface area contributed by atoms with Crippen LogP contribution in [0.4, 0.5) is 0 Å². The van der Waals surface area contributed by atoms with E-state index in [1.54, 1.807) is 11.8 Å². The molecule has 0 saturated carbocycles. The maximum atomic E-state index is 5.97. The lowest BCUT2D eigenvalue weighted by Crippen LogP contribution is -2.22. The number of hydrogen-bond acceptors (Lipinski definition) is 2. The first kappa shape index (κ1) is 12.8. The SMILES string of the molecule is C=C(C)CC(N)CSc1cccc(Br)c1. The Balaban J connectivity index is 2.40. The Morgan fingerprint density at radius 2 is 2.33 bits per heavy atom. The number of rotatable bonds is 5. The highest BCUT2D eigenvalue weighted by Gasteiger charge is 2.03. The summed E-state index contributed by atoms with van der Waals surface area (Å²) in [7, 11) is 0. The maximum Gasteiger partial charge on any atom is 0.0186 e. The van der Waals surface area contributed by atoms with Crippen LogP contribution in [-0.2, 0) is 0 Å². The molecule has 82 valence electrons. The zero-order valence-corrected chi connectivity index (χ0v) is 11.3. The molecule has 1 aromatic rings. The third-order valence-corrected chi connectivity index (χ3v) is 3.55. The van der Waals surface area contributed by atoms with E-state index in [2.05, 4.69) is 34.6 Å². The van der Waals surface area contributed by atoms with Crippen molar-refractivity contribution in [1.29, 1.82) is 0 Å². The van der Waals surface area contributed by atoms with Crippen molar-refractivity contribution in [2.24, 2.45) is 5.73 Å². The van der Waals surface area contributed by atoms with Gasteiger partial charge in [-0.1, -0.05) is 27.6 Å². The Morgan fingerprint density at radius 3 is 2.93 bits per heavy atom. The molecule has 0 spiro atoms. The smallest absolute Gasteiger partial charge is 0.0186 e. The van der Waals surface area contributed by atoms with Gasteiger partial charge in [0.15, 0.2) is 0 Å². The molecule has 0 amide bonds. The van der Waals surface area contributed by atoms with E-state index in [0.717, 1.165) is 22.2 Å². The van der Waals surface area contributed by atoms with Crippen LogP contribution in [0.15, 0.2) is 45.8 Å². The summed E-state index contributed by atoms with van der Waals surface area (Å²) in [5.74, 6) is 0.934. The highest BCUT2D eigenvalue weighted by Crippen LogP contribution is 2.22. The Hall–Kier alpha value is -0.250. The minimum atomic E-state index is 0.200. The van der Waals surface area contributed by atoms with E-state index in [-0.39, 0.29) is 6.04 Å². The molecule has 0 aromatic heterocycles.